The van der Waals surface area contributed by atoms with Gasteiger partial charge in [-0.2, -0.15) is 5.10 Å². The Morgan fingerprint density at radius 1 is 0.935 bits per heavy atom. The Morgan fingerprint density at radius 2 is 1.58 bits per heavy atom. The summed E-state index contributed by atoms with van der Waals surface area (Å²) in [4.78, 5) is 2.57. The SMILES string of the molecule is CCOc1cc(/C=N\N2CCN(C3c4ccccc4-c4ccccc43)CC2)ccc1O. The Bertz CT molecular complexity index is 1060. The minimum atomic E-state index is 0.157. The van der Waals surface area contributed by atoms with Gasteiger partial charge < -0.3 is 9.84 Å². The van der Waals surface area contributed by atoms with Crippen molar-refractivity contribution in [3.05, 3.63) is 83.4 Å². The van der Waals surface area contributed by atoms with Gasteiger partial charge in [-0.05, 0) is 52.9 Å². The summed E-state index contributed by atoms with van der Waals surface area (Å²) in [5, 5.41) is 16.7. The van der Waals surface area contributed by atoms with Crippen molar-refractivity contribution in [3.63, 3.8) is 0 Å². The monoisotopic (exact) mass is 413 g/mol. The van der Waals surface area contributed by atoms with Gasteiger partial charge in [0.15, 0.2) is 11.5 Å². The molecule has 3 aromatic rings. The summed E-state index contributed by atoms with van der Waals surface area (Å²) in [5.74, 6) is 0.652. The van der Waals surface area contributed by atoms with E-state index in [0.29, 0.717) is 18.4 Å². The van der Waals surface area contributed by atoms with E-state index in [1.807, 2.05) is 25.3 Å². The Morgan fingerprint density at radius 3 is 2.23 bits per heavy atom. The molecule has 0 radical (unpaired) electrons. The first kappa shape index (κ1) is 19.6. The highest BCUT2D eigenvalue weighted by Crippen LogP contribution is 2.46. The molecule has 1 aliphatic heterocycles. The molecule has 1 aliphatic carbocycles. The van der Waals surface area contributed by atoms with E-state index in [-0.39, 0.29) is 5.75 Å². The predicted molar refractivity (Wildman–Crippen MR) is 124 cm³/mol. The Hall–Kier alpha value is -3.31. The van der Waals surface area contributed by atoms with Gasteiger partial charge in [0.2, 0.25) is 0 Å². The van der Waals surface area contributed by atoms with Crippen LogP contribution in [0.1, 0.15) is 29.7 Å². The molecule has 5 nitrogen and oxygen atoms in total. The molecule has 0 bridgehead atoms. The second-order valence-electron chi connectivity index (χ2n) is 7.97. The maximum Gasteiger partial charge on any atom is 0.161 e. The molecule has 0 amide bonds. The number of fused-ring (bicyclic) bond motifs is 3. The summed E-state index contributed by atoms with van der Waals surface area (Å²) in [5.41, 5.74) is 6.46. The molecule has 0 atom stereocenters. The molecular formula is C26H27N3O2. The molecular weight excluding hydrogens is 386 g/mol. The van der Waals surface area contributed by atoms with Crippen LogP contribution in [0.5, 0.6) is 11.5 Å². The number of rotatable bonds is 5. The van der Waals surface area contributed by atoms with Crippen molar-refractivity contribution in [2.75, 3.05) is 32.8 Å². The lowest BCUT2D eigenvalue weighted by Crippen LogP contribution is -2.45. The first-order chi connectivity index (χ1) is 15.2. The van der Waals surface area contributed by atoms with Gasteiger partial charge in [0, 0.05) is 26.2 Å². The number of aromatic hydroxyl groups is 1. The predicted octanol–water partition coefficient (Wildman–Crippen LogP) is 4.51. The molecule has 2 aliphatic rings. The second kappa shape index (κ2) is 8.44. The van der Waals surface area contributed by atoms with Crippen molar-refractivity contribution < 1.29 is 9.84 Å². The van der Waals surface area contributed by atoms with E-state index in [0.717, 1.165) is 31.7 Å². The molecule has 1 fully saturated rings. The number of hydrogen-bond donors (Lipinski definition) is 1. The molecule has 1 saturated heterocycles. The lowest BCUT2D eigenvalue weighted by molar-refractivity contribution is 0.114. The van der Waals surface area contributed by atoms with Crippen molar-refractivity contribution >= 4 is 6.21 Å². The molecule has 0 spiro atoms. The van der Waals surface area contributed by atoms with Crippen molar-refractivity contribution in [1.29, 1.82) is 0 Å². The fourth-order valence-electron chi connectivity index (χ4n) is 4.64. The van der Waals surface area contributed by atoms with E-state index in [1.54, 1.807) is 6.07 Å². The van der Waals surface area contributed by atoms with E-state index in [4.69, 9.17) is 4.74 Å². The van der Waals surface area contributed by atoms with Crippen LogP contribution in [-0.4, -0.2) is 54.0 Å². The van der Waals surface area contributed by atoms with E-state index in [1.165, 1.54) is 22.3 Å². The average Bonchev–Trinajstić information content (AvgIpc) is 3.15. The van der Waals surface area contributed by atoms with Gasteiger partial charge in [-0.3, -0.25) is 9.91 Å². The third kappa shape index (κ3) is 3.77. The summed E-state index contributed by atoms with van der Waals surface area (Å²) in [6.45, 7) is 6.11. The summed E-state index contributed by atoms with van der Waals surface area (Å²) in [6.07, 6.45) is 1.85. The van der Waals surface area contributed by atoms with Crippen LogP contribution in [0.25, 0.3) is 11.1 Å². The van der Waals surface area contributed by atoms with Crippen molar-refractivity contribution in [3.8, 4) is 22.6 Å². The molecule has 5 rings (SSSR count). The molecule has 1 N–H and O–H groups in total. The topological polar surface area (TPSA) is 48.3 Å². The van der Waals surface area contributed by atoms with E-state index >= 15 is 0 Å². The number of piperazine rings is 1. The summed E-state index contributed by atoms with van der Waals surface area (Å²) >= 11 is 0. The third-order valence-electron chi connectivity index (χ3n) is 6.11. The first-order valence-corrected chi connectivity index (χ1v) is 10.9. The molecule has 0 saturated carbocycles. The van der Waals surface area contributed by atoms with E-state index < -0.39 is 0 Å². The van der Waals surface area contributed by atoms with Gasteiger partial charge in [0.1, 0.15) is 0 Å². The highest BCUT2D eigenvalue weighted by molar-refractivity contribution is 5.81. The smallest absolute Gasteiger partial charge is 0.161 e. The van der Waals surface area contributed by atoms with Crippen LogP contribution in [0.15, 0.2) is 71.8 Å². The number of phenolic OH excluding ortho intramolecular Hbond substituents is 1. The lowest BCUT2D eigenvalue weighted by Gasteiger charge is -2.37. The number of hydrazone groups is 1. The number of ether oxygens (including phenoxy) is 1. The fourth-order valence-corrected chi connectivity index (χ4v) is 4.64. The largest absolute Gasteiger partial charge is 0.504 e. The molecule has 3 aromatic carbocycles. The van der Waals surface area contributed by atoms with Crippen molar-refractivity contribution in [1.82, 2.24) is 9.91 Å². The highest BCUT2D eigenvalue weighted by Gasteiger charge is 2.33. The summed E-state index contributed by atoms with van der Waals surface area (Å²) < 4.78 is 5.47. The Labute approximate surface area is 183 Å². The maximum atomic E-state index is 9.87. The lowest BCUT2D eigenvalue weighted by atomic mass is 10.0. The van der Waals surface area contributed by atoms with E-state index in [2.05, 4.69) is 63.5 Å². The van der Waals surface area contributed by atoms with Crippen LogP contribution >= 0.6 is 0 Å². The number of benzene rings is 3. The number of phenols is 1. The normalized spacial score (nSPS) is 16.5. The van der Waals surface area contributed by atoms with Crippen molar-refractivity contribution in [2.24, 2.45) is 5.10 Å². The van der Waals surface area contributed by atoms with Crippen LogP contribution in [0.2, 0.25) is 0 Å². The number of hydrogen-bond acceptors (Lipinski definition) is 5. The Balaban J connectivity index is 1.28. The fraction of sp³-hybridized carbons (Fsp3) is 0.269. The number of nitrogens with zero attached hydrogens (tertiary/aromatic N) is 3. The second-order valence-corrected chi connectivity index (χ2v) is 7.97. The summed E-state index contributed by atoms with van der Waals surface area (Å²) in [7, 11) is 0. The maximum absolute atomic E-state index is 9.87. The van der Waals surface area contributed by atoms with Crippen molar-refractivity contribution in [2.45, 2.75) is 13.0 Å². The van der Waals surface area contributed by atoms with Crippen LogP contribution in [0.3, 0.4) is 0 Å². The molecule has 5 heteroatoms. The van der Waals surface area contributed by atoms with Crippen LogP contribution in [-0.2, 0) is 0 Å². The Kier molecular flexibility index (Phi) is 5.35. The minimum absolute atomic E-state index is 0.157. The van der Waals surface area contributed by atoms with Gasteiger partial charge in [-0.1, -0.05) is 48.5 Å². The zero-order valence-corrected chi connectivity index (χ0v) is 17.7. The molecule has 0 unspecified atom stereocenters. The molecule has 31 heavy (non-hydrogen) atoms. The summed E-state index contributed by atoms with van der Waals surface area (Å²) in [6, 6.07) is 23.2. The van der Waals surface area contributed by atoms with Gasteiger partial charge in [-0.25, -0.2) is 0 Å². The molecule has 158 valence electrons. The van der Waals surface area contributed by atoms with Gasteiger partial charge >= 0.3 is 0 Å². The quantitative estimate of drug-likeness (QED) is 0.625. The highest BCUT2D eigenvalue weighted by atomic mass is 16.5. The zero-order valence-electron chi connectivity index (χ0n) is 17.7. The standard InChI is InChI=1S/C26H27N3O2/c1-2-31-25-17-19(11-12-24(25)30)18-27-29-15-13-28(14-16-29)26-22-9-5-3-7-20(22)21-8-4-6-10-23(21)26/h3-12,17-18,26,30H,2,13-16H2,1H3/b27-18-. The minimum Gasteiger partial charge on any atom is -0.504 e. The van der Waals surface area contributed by atoms with E-state index in [9.17, 15) is 5.11 Å². The van der Waals surface area contributed by atoms with Gasteiger partial charge in [0.25, 0.3) is 0 Å². The van der Waals surface area contributed by atoms with Gasteiger partial charge in [0.05, 0.1) is 18.9 Å². The van der Waals surface area contributed by atoms with Crippen LogP contribution < -0.4 is 4.74 Å². The third-order valence-corrected chi connectivity index (χ3v) is 6.11. The molecule has 0 aromatic heterocycles. The van der Waals surface area contributed by atoms with Crippen LogP contribution in [0.4, 0.5) is 0 Å². The first-order valence-electron chi connectivity index (χ1n) is 10.9. The van der Waals surface area contributed by atoms with Gasteiger partial charge in [-0.15, -0.1) is 0 Å². The molecule has 1 heterocycles. The zero-order chi connectivity index (χ0) is 21.2. The average molecular weight is 414 g/mol. The van der Waals surface area contributed by atoms with Crippen LogP contribution in [0, 0.1) is 0 Å².